The van der Waals surface area contributed by atoms with Crippen molar-refractivity contribution in [1.82, 2.24) is 4.90 Å². The molecular formula is C17H33N. The molecule has 3 aliphatic carbocycles. The van der Waals surface area contributed by atoms with Crippen molar-refractivity contribution >= 4 is 0 Å². The molecule has 0 aromatic rings. The van der Waals surface area contributed by atoms with Crippen LogP contribution in [0.15, 0.2) is 0 Å². The standard InChI is InChI=1S/C17H33N/c1-5-18(6-2)12-8-7-9-14-10-11-15-13-16(14)17(15,3)4/h14-16H,5-13H2,1-4H3. The summed E-state index contributed by atoms with van der Waals surface area (Å²) in [6, 6.07) is 0. The van der Waals surface area contributed by atoms with Crippen molar-refractivity contribution < 1.29 is 0 Å². The van der Waals surface area contributed by atoms with E-state index in [1.54, 1.807) is 6.42 Å². The monoisotopic (exact) mass is 251 g/mol. The quantitative estimate of drug-likeness (QED) is 0.599. The summed E-state index contributed by atoms with van der Waals surface area (Å²) in [7, 11) is 0. The molecule has 3 rings (SSSR count). The first-order valence-corrected chi connectivity index (χ1v) is 8.31. The van der Waals surface area contributed by atoms with Crippen molar-refractivity contribution in [1.29, 1.82) is 0 Å². The molecule has 0 N–H and O–H groups in total. The van der Waals surface area contributed by atoms with Gasteiger partial charge in [0.05, 0.1) is 0 Å². The topological polar surface area (TPSA) is 3.24 Å². The fraction of sp³-hybridized carbons (Fsp3) is 1.00. The van der Waals surface area contributed by atoms with Crippen LogP contribution in [-0.4, -0.2) is 24.5 Å². The zero-order valence-electron chi connectivity index (χ0n) is 13.0. The van der Waals surface area contributed by atoms with E-state index in [-0.39, 0.29) is 0 Å². The van der Waals surface area contributed by atoms with Crippen LogP contribution in [-0.2, 0) is 0 Å². The molecule has 2 bridgehead atoms. The molecule has 3 saturated carbocycles. The second-order valence-electron chi connectivity index (χ2n) is 7.22. The second-order valence-corrected chi connectivity index (χ2v) is 7.22. The molecule has 0 spiro atoms. The average Bonchev–Trinajstić information content (AvgIpc) is 2.39. The summed E-state index contributed by atoms with van der Waals surface area (Å²) < 4.78 is 0. The lowest BCUT2D eigenvalue weighted by molar-refractivity contribution is -0.107. The largest absolute Gasteiger partial charge is 0.304 e. The minimum absolute atomic E-state index is 0.682. The van der Waals surface area contributed by atoms with Gasteiger partial charge < -0.3 is 4.90 Å². The van der Waals surface area contributed by atoms with Gasteiger partial charge in [0.25, 0.3) is 0 Å². The molecule has 1 nitrogen and oxygen atoms in total. The molecule has 106 valence electrons. The Morgan fingerprint density at radius 3 is 2.33 bits per heavy atom. The number of fused-ring (bicyclic) bond motifs is 2. The van der Waals surface area contributed by atoms with Crippen LogP contribution < -0.4 is 0 Å². The SMILES string of the molecule is CCN(CC)CCCCC1CCC2CC1C2(C)C. The highest BCUT2D eigenvalue weighted by atomic mass is 15.1. The van der Waals surface area contributed by atoms with Gasteiger partial charge in [0.1, 0.15) is 0 Å². The van der Waals surface area contributed by atoms with E-state index in [1.807, 2.05) is 0 Å². The van der Waals surface area contributed by atoms with Crippen LogP contribution in [0.5, 0.6) is 0 Å². The lowest BCUT2D eigenvalue weighted by Gasteiger charge is -2.60. The van der Waals surface area contributed by atoms with Crippen molar-refractivity contribution in [2.75, 3.05) is 19.6 Å². The van der Waals surface area contributed by atoms with Crippen molar-refractivity contribution in [2.24, 2.45) is 23.2 Å². The third-order valence-electron chi connectivity index (χ3n) is 6.19. The molecule has 3 aliphatic rings. The highest BCUT2D eigenvalue weighted by Gasteiger charge is 2.53. The Balaban J connectivity index is 1.65. The predicted octanol–water partition coefficient (Wildman–Crippen LogP) is 4.57. The van der Waals surface area contributed by atoms with Gasteiger partial charge in [-0.25, -0.2) is 0 Å². The maximum Gasteiger partial charge on any atom is -0.00190 e. The van der Waals surface area contributed by atoms with E-state index in [2.05, 4.69) is 32.6 Å². The Hall–Kier alpha value is -0.0400. The molecule has 0 aromatic carbocycles. The first-order chi connectivity index (χ1) is 8.59. The van der Waals surface area contributed by atoms with E-state index in [4.69, 9.17) is 0 Å². The molecule has 3 fully saturated rings. The van der Waals surface area contributed by atoms with Gasteiger partial charge in [-0.05, 0) is 68.5 Å². The number of hydrogen-bond donors (Lipinski definition) is 0. The fourth-order valence-electron chi connectivity index (χ4n) is 4.59. The number of rotatable bonds is 7. The van der Waals surface area contributed by atoms with Crippen LogP contribution >= 0.6 is 0 Å². The highest BCUT2D eigenvalue weighted by Crippen LogP contribution is 2.62. The maximum atomic E-state index is 2.56. The predicted molar refractivity (Wildman–Crippen MR) is 79.7 cm³/mol. The number of unbranched alkanes of at least 4 members (excludes halogenated alkanes) is 1. The van der Waals surface area contributed by atoms with Gasteiger partial charge >= 0.3 is 0 Å². The van der Waals surface area contributed by atoms with Gasteiger partial charge in [-0.1, -0.05) is 40.5 Å². The molecular weight excluding hydrogens is 218 g/mol. The minimum atomic E-state index is 0.682. The summed E-state index contributed by atoms with van der Waals surface area (Å²) >= 11 is 0. The Kier molecular flexibility index (Phi) is 4.75. The van der Waals surface area contributed by atoms with E-state index in [9.17, 15) is 0 Å². The molecule has 0 saturated heterocycles. The van der Waals surface area contributed by atoms with E-state index in [0.29, 0.717) is 5.41 Å². The average molecular weight is 251 g/mol. The Bertz CT molecular complexity index is 252. The fourth-order valence-corrected chi connectivity index (χ4v) is 4.59. The van der Waals surface area contributed by atoms with Gasteiger partial charge in [-0.15, -0.1) is 0 Å². The molecule has 0 heterocycles. The molecule has 0 aromatic heterocycles. The summed E-state index contributed by atoms with van der Waals surface area (Å²) in [6.07, 6.45) is 8.97. The molecule has 1 heteroatoms. The summed E-state index contributed by atoms with van der Waals surface area (Å²) in [5.41, 5.74) is 0.682. The molecule has 0 aliphatic heterocycles. The summed E-state index contributed by atoms with van der Waals surface area (Å²) in [4.78, 5) is 2.56. The van der Waals surface area contributed by atoms with Crippen LogP contribution in [0.3, 0.4) is 0 Å². The van der Waals surface area contributed by atoms with Crippen molar-refractivity contribution in [2.45, 2.75) is 66.2 Å². The van der Waals surface area contributed by atoms with Crippen molar-refractivity contribution in [3.8, 4) is 0 Å². The summed E-state index contributed by atoms with van der Waals surface area (Å²) in [6.45, 7) is 13.4. The van der Waals surface area contributed by atoms with Crippen molar-refractivity contribution in [3.63, 3.8) is 0 Å². The first kappa shape index (κ1) is 14.4. The Labute approximate surface area is 114 Å². The molecule has 18 heavy (non-hydrogen) atoms. The number of hydrogen-bond acceptors (Lipinski definition) is 1. The third-order valence-corrected chi connectivity index (χ3v) is 6.19. The van der Waals surface area contributed by atoms with Gasteiger partial charge in [0.15, 0.2) is 0 Å². The maximum absolute atomic E-state index is 2.56. The molecule has 0 radical (unpaired) electrons. The van der Waals surface area contributed by atoms with E-state index in [0.717, 1.165) is 17.8 Å². The second kappa shape index (κ2) is 5.94. The van der Waals surface area contributed by atoms with Crippen LogP contribution in [0.2, 0.25) is 0 Å². The zero-order chi connectivity index (χ0) is 13.2. The Morgan fingerprint density at radius 2 is 1.78 bits per heavy atom. The summed E-state index contributed by atoms with van der Waals surface area (Å²) in [5.74, 6) is 3.18. The van der Waals surface area contributed by atoms with E-state index in [1.165, 1.54) is 51.7 Å². The van der Waals surface area contributed by atoms with E-state index < -0.39 is 0 Å². The highest BCUT2D eigenvalue weighted by molar-refractivity contribution is 5.03. The van der Waals surface area contributed by atoms with Crippen LogP contribution in [0, 0.1) is 23.2 Å². The van der Waals surface area contributed by atoms with Crippen molar-refractivity contribution in [3.05, 3.63) is 0 Å². The molecule has 3 unspecified atom stereocenters. The Morgan fingerprint density at radius 1 is 1.06 bits per heavy atom. The van der Waals surface area contributed by atoms with Gasteiger partial charge in [-0.3, -0.25) is 0 Å². The van der Waals surface area contributed by atoms with Gasteiger partial charge in [-0.2, -0.15) is 0 Å². The smallest absolute Gasteiger partial charge is 0.00190 e. The van der Waals surface area contributed by atoms with Gasteiger partial charge in [0.2, 0.25) is 0 Å². The molecule has 3 atom stereocenters. The van der Waals surface area contributed by atoms with Crippen LogP contribution in [0.25, 0.3) is 0 Å². The number of nitrogens with zero attached hydrogens (tertiary/aromatic N) is 1. The lowest BCUT2D eigenvalue weighted by atomic mass is 9.45. The first-order valence-electron chi connectivity index (χ1n) is 8.31. The normalized spacial score (nSPS) is 33.5. The summed E-state index contributed by atoms with van der Waals surface area (Å²) in [5, 5.41) is 0. The lowest BCUT2D eigenvalue weighted by Crippen LogP contribution is -2.52. The van der Waals surface area contributed by atoms with Gasteiger partial charge in [0, 0.05) is 0 Å². The zero-order valence-corrected chi connectivity index (χ0v) is 13.0. The molecule has 0 amide bonds. The van der Waals surface area contributed by atoms with Crippen LogP contribution in [0.1, 0.15) is 66.2 Å². The van der Waals surface area contributed by atoms with E-state index >= 15 is 0 Å². The third kappa shape index (κ3) is 2.76. The van der Waals surface area contributed by atoms with Crippen LogP contribution in [0.4, 0.5) is 0 Å². The minimum Gasteiger partial charge on any atom is -0.304 e.